The lowest BCUT2D eigenvalue weighted by Crippen LogP contribution is -2.26. The lowest BCUT2D eigenvalue weighted by Gasteiger charge is -2.31. The molecule has 2 rings (SSSR count). The number of rotatable bonds is 1. The van der Waals surface area contributed by atoms with Crippen molar-refractivity contribution >= 4 is 0 Å². The third-order valence-corrected chi connectivity index (χ3v) is 3.36. The van der Waals surface area contributed by atoms with E-state index in [0.29, 0.717) is 5.92 Å². The molecule has 0 saturated carbocycles. The highest BCUT2D eigenvalue weighted by Gasteiger charge is 2.24. The van der Waals surface area contributed by atoms with Crippen molar-refractivity contribution in [3.05, 3.63) is 35.6 Å². The van der Waals surface area contributed by atoms with Crippen molar-refractivity contribution in [1.82, 2.24) is 4.90 Å². The molecule has 1 heteroatoms. The Morgan fingerprint density at radius 3 is 2.57 bits per heavy atom. The normalized spacial score (nSPS) is 27.7. The highest BCUT2D eigenvalue weighted by molar-refractivity contribution is 5.40. The lowest BCUT2D eigenvalue weighted by atomic mass is 9.89. The fraction of sp³-hybridized carbons (Fsp3) is 0.538. The van der Waals surface area contributed by atoms with E-state index >= 15 is 0 Å². The Kier molecular flexibility index (Phi) is 2.49. The van der Waals surface area contributed by atoms with Crippen LogP contribution in [0.3, 0.4) is 0 Å². The number of hydrogen-bond donors (Lipinski definition) is 0. The van der Waals surface area contributed by atoms with E-state index in [1.165, 1.54) is 42.8 Å². The number of likely N-dealkylation sites (tertiary alicyclic amines) is 1. The molecule has 0 aromatic heterocycles. The predicted octanol–water partition coefficient (Wildman–Crippen LogP) is 3.12. The Bertz CT molecular complexity index is 303. The Morgan fingerprint density at radius 1 is 1.29 bits per heavy atom. The molecule has 1 atom stereocenters. The molecule has 0 aromatic carbocycles. The van der Waals surface area contributed by atoms with Gasteiger partial charge in [0.25, 0.3) is 0 Å². The van der Waals surface area contributed by atoms with Crippen molar-refractivity contribution in [3.8, 4) is 0 Å². The first-order chi connectivity index (χ1) is 6.70. The minimum Gasteiger partial charge on any atom is -0.374 e. The summed E-state index contributed by atoms with van der Waals surface area (Å²) < 4.78 is 0. The van der Waals surface area contributed by atoms with Crippen molar-refractivity contribution in [2.45, 2.75) is 26.7 Å². The van der Waals surface area contributed by atoms with Crippen LogP contribution in [-0.4, -0.2) is 18.0 Å². The van der Waals surface area contributed by atoms with Crippen LogP contribution in [0.4, 0.5) is 0 Å². The minimum absolute atomic E-state index is 0.512. The molecular formula is C13H19N. The molecule has 1 aliphatic heterocycles. The van der Waals surface area contributed by atoms with Crippen molar-refractivity contribution in [2.75, 3.05) is 13.1 Å². The monoisotopic (exact) mass is 189 g/mol. The van der Waals surface area contributed by atoms with Crippen LogP contribution in [0, 0.1) is 5.92 Å². The lowest BCUT2D eigenvalue weighted by molar-refractivity contribution is 0.382. The number of allylic oxidation sites excluding steroid dienone is 4. The fourth-order valence-electron chi connectivity index (χ4n) is 2.46. The molecule has 0 amide bonds. The standard InChI is InChI=1S/C13H19N/c1-10-6-7-11(2)13(12(10)3)14-8-4-5-9-14/h6-7,12H,1,4-5,8-9H2,2-3H3. The summed E-state index contributed by atoms with van der Waals surface area (Å²) in [7, 11) is 0. The van der Waals surface area contributed by atoms with Crippen LogP contribution in [0.5, 0.6) is 0 Å². The van der Waals surface area contributed by atoms with Crippen molar-refractivity contribution in [2.24, 2.45) is 5.92 Å². The second-order valence-corrected chi connectivity index (χ2v) is 4.39. The Hall–Kier alpha value is -0.980. The van der Waals surface area contributed by atoms with Gasteiger partial charge >= 0.3 is 0 Å². The molecule has 0 N–H and O–H groups in total. The molecule has 14 heavy (non-hydrogen) atoms. The maximum Gasteiger partial charge on any atom is 0.0235 e. The highest BCUT2D eigenvalue weighted by Crippen LogP contribution is 2.32. The van der Waals surface area contributed by atoms with Gasteiger partial charge in [-0.1, -0.05) is 25.7 Å². The molecule has 0 radical (unpaired) electrons. The summed E-state index contributed by atoms with van der Waals surface area (Å²) in [5.74, 6) is 0.512. The predicted molar refractivity (Wildman–Crippen MR) is 61.0 cm³/mol. The van der Waals surface area contributed by atoms with E-state index in [-0.39, 0.29) is 0 Å². The van der Waals surface area contributed by atoms with Gasteiger partial charge < -0.3 is 4.90 Å². The van der Waals surface area contributed by atoms with Crippen LogP contribution in [0.1, 0.15) is 26.7 Å². The van der Waals surface area contributed by atoms with Gasteiger partial charge in [0.1, 0.15) is 0 Å². The summed E-state index contributed by atoms with van der Waals surface area (Å²) in [6, 6.07) is 0. The van der Waals surface area contributed by atoms with Crippen molar-refractivity contribution in [1.29, 1.82) is 0 Å². The second-order valence-electron chi connectivity index (χ2n) is 4.39. The molecule has 76 valence electrons. The van der Waals surface area contributed by atoms with E-state index in [2.05, 4.69) is 37.5 Å². The molecule has 1 heterocycles. The van der Waals surface area contributed by atoms with E-state index in [1.54, 1.807) is 0 Å². The maximum atomic E-state index is 4.10. The summed E-state index contributed by atoms with van der Waals surface area (Å²) in [5.41, 5.74) is 4.18. The van der Waals surface area contributed by atoms with Crippen LogP contribution in [0.25, 0.3) is 0 Å². The molecule has 1 unspecified atom stereocenters. The summed E-state index contributed by atoms with van der Waals surface area (Å²) in [6.45, 7) is 11.1. The highest BCUT2D eigenvalue weighted by atomic mass is 15.2. The van der Waals surface area contributed by atoms with Crippen LogP contribution < -0.4 is 0 Å². The van der Waals surface area contributed by atoms with Crippen molar-refractivity contribution in [3.63, 3.8) is 0 Å². The van der Waals surface area contributed by atoms with E-state index in [0.717, 1.165) is 0 Å². The molecule has 1 saturated heterocycles. The van der Waals surface area contributed by atoms with Gasteiger partial charge in [0.05, 0.1) is 0 Å². The average Bonchev–Trinajstić information content (AvgIpc) is 2.65. The van der Waals surface area contributed by atoms with Crippen LogP contribution in [-0.2, 0) is 0 Å². The van der Waals surface area contributed by atoms with Gasteiger partial charge in [0, 0.05) is 24.7 Å². The number of hydrogen-bond acceptors (Lipinski definition) is 1. The number of nitrogens with zero attached hydrogens (tertiary/aromatic N) is 1. The molecule has 1 aliphatic carbocycles. The summed E-state index contributed by atoms with van der Waals surface area (Å²) in [6.07, 6.45) is 7.05. The maximum absolute atomic E-state index is 4.10. The van der Waals surface area contributed by atoms with Gasteiger partial charge in [-0.15, -0.1) is 0 Å². The quantitative estimate of drug-likeness (QED) is 0.612. The smallest absolute Gasteiger partial charge is 0.0235 e. The van der Waals surface area contributed by atoms with Crippen LogP contribution in [0.2, 0.25) is 0 Å². The fourth-order valence-corrected chi connectivity index (χ4v) is 2.46. The van der Waals surface area contributed by atoms with E-state index in [9.17, 15) is 0 Å². The third-order valence-electron chi connectivity index (χ3n) is 3.36. The Labute approximate surface area is 86.8 Å². The van der Waals surface area contributed by atoms with Gasteiger partial charge in [-0.25, -0.2) is 0 Å². The van der Waals surface area contributed by atoms with Gasteiger partial charge in [-0.3, -0.25) is 0 Å². The van der Waals surface area contributed by atoms with Gasteiger partial charge in [-0.05, 0) is 30.9 Å². The van der Waals surface area contributed by atoms with E-state index in [4.69, 9.17) is 0 Å². The van der Waals surface area contributed by atoms with E-state index < -0.39 is 0 Å². The Morgan fingerprint density at radius 2 is 1.93 bits per heavy atom. The second kappa shape index (κ2) is 3.64. The molecular weight excluding hydrogens is 170 g/mol. The first-order valence-electron chi connectivity index (χ1n) is 5.52. The van der Waals surface area contributed by atoms with Crippen LogP contribution in [0.15, 0.2) is 35.6 Å². The third kappa shape index (κ3) is 1.52. The van der Waals surface area contributed by atoms with Gasteiger partial charge in [0.15, 0.2) is 0 Å². The molecule has 1 fully saturated rings. The zero-order valence-corrected chi connectivity index (χ0v) is 9.21. The topological polar surface area (TPSA) is 3.24 Å². The average molecular weight is 189 g/mol. The largest absolute Gasteiger partial charge is 0.374 e. The summed E-state index contributed by atoms with van der Waals surface area (Å²) in [5, 5.41) is 0. The minimum atomic E-state index is 0.512. The molecule has 0 aromatic rings. The summed E-state index contributed by atoms with van der Waals surface area (Å²) >= 11 is 0. The zero-order chi connectivity index (χ0) is 10.1. The summed E-state index contributed by atoms with van der Waals surface area (Å²) in [4.78, 5) is 2.54. The Balaban J connectivity index is 2.29. The SMILES string of the molecule is C=C1C=CC(C)=C(N2CCCC2)C1C. The first kappa shape index (κ1) is 9.57. The molecule has 0 bridgehead atoms. The van der Waals surface area contributed by atoms with Gasteiger partial charge in [-0.2, -0.15) is 0 Å². The first-order valence-corrected chi connectivity index (χ1v) is 5.52. The van der Waals surface area contributed by atoms with Crippen molar-refractivity contribution < 1.29 is 0 Å². The van der Waals surface area contributed by atoms with Gasteiger partial charge in [0.2, 0.25) is 0 Å². The molecule has 0 spiro atoms. The van der Waals surface area contributed by atoms with E-state index in [1.807, 2.05) is 0 Å². The molecule has 1 nitrogen and oxygen atoms in total. The van der Waals surface area contributed by atoms with Crippen LogP contribution >= 0.6 is 0 Å². The zero-order valence-electron chi connectivity index (χ0n) is 9.21. The molecule has 2 aliphatic rings.